The van der Waals surface area contributed by atoms with Gasteiger partial charge < -0.3 is 20.9 Å². The van der Waals surface area contributed by atoms with E-state index in [2.05, 4.69) is 27.9 Å². The first kappa shape index (κ1) is 16.5. The number of aryl methyl sites for hydroxylation is 1. The number of hydrogen-bond donors (Lipinski definition) is 4. The molecule has 130 valence electrons. The highest BCUT2D eigenvalue weighted by molar-refractivity contribution is 7.22. The second-order valence-corrected chi connectivity index (χ2v) is 7.09. The number of nitrogens with one attached hydrogen (secondary N) is 1. The SMILES string of the molecule is Nc1nc2c(O)cc(C#CCCc3cccc4cc(CO)[nH]c34)cc2s1. The van der Waals surface area contributed by atoms with E-state index in [1.165, 1.54) is 16.9 Å². The number of fused-ring (bicyclic) bond motifs is 2. The van der Waals surface area contributed by atoms with Gasteiger partial charge in [-0.1, -0.05) is 41.4 Å². The predicted molar refractivity (Wildman–Crippen MR) is 105 cm³/mol. The summed E-state index contributed by atoms with van der Waals surface area (Å²) in [5.74, 6) is 6.37. The summed E-state index contributed by atoms with van der Waals surface area (Å²) in [6.45, 7) is 0.00197. The number of nitrogens with two attached hydrogens (primary N) is 1. The number of H-pyrrole nitrogens is 1. The fourth-order valence-electron chi connectivity index (χ4n) is 3.03. The number of nitrogen functional groups attached to an aromatic ring is 1. The number of phenols is 1. The molecule has 0 bridgehead atoms. The van der Waals surface area contributed by atoms with Crippen molar-refractivity contribution < 1.29 is 10.2 Å². The second kappa shape index (κ2) is 6.71. The lowest BCUT2D eigenvalue weighted by atomic mass is 10.1. The number of aliphatic hydroxyl groups is 1. The van der Waals surface area contributed by atoms with Gasteiger partial charge in [-0.2, -0.15) is 0 Å². The fraction of sp³-hybridized carbons (Fsp3) is 0.150. The first-order valence-electron chi connectivity index (χ1n) is 8.22. The number of aromatic amines is 1. The number of aromatic nitrogens is 2. The van der Waals surface area contributed by atoms with E-state index in [9.17, 15) is 10.2 Å². The Labute approximate surface area is 154 Å². The number of benzene rings is 2. The summed E-state index contributed by atoms with van der Waals surface area (Å²) >= 11 is 1.34. The Morgan fingerprint density at radius 1 is 1.23 bits per heavy atom. The summed E-state index contributed by atoms with van der Waals surface area (Å²) in [5, 5.41) is 20.9. The maximum Gasteiger partial charge on any atom is 0.181 e. The zero-order chi connectivity index (χ0) is 18.1. The van der Waals surface area contributed by atoms with Crippen LogP contribution in [0.1, 0.15) is 23.2 Å². The molecule has 0 saturated heterocycles. The normalized spacial score (nSPS) is 11.0. The van der Waals surface area contributed by atoms with Crippen LogP contribution in [-0.4, -0.2) is 20.2 Å². The van der Waals surface area contributed by atoms with Crippen molar-refractivity contribution in [3.05, 3.63) is 53.2 Å². The van der Waals surface area contributed by atoms with Gasteiger partial charge >= 0.3 is 0 Å². The van der Waals surface area contributed by atoms with Gasteiger partial charge in [0.25, 0.3) is 0 Å². The fourth-order valence-corrected chi connectivity index (χ4v) is 3.83. The van der Waals surface area contributed by atoms with Crippen LogP contribution in [0.25, 0.3) is 21.1 Å². The van der Waals surface area contributed by atoms with Crippen molar-refractivity contribution in [3.63, 3.8) is 0 Å². The van der Waals surface area contributed by atoms with E-state index in [1.807, 2.05) is 24.3 Å². The minimum absolute atomic E-state index is 0.00197. The molecule has 2 aromatic carbocycles. The zero-order valence-electron chi connectivity index (χ0n) is 13.9. The Balaban J connectivity index is 1.53. The Morgan fingerprint density at radius 3 is 2.96 bits per heavy atom. The van der Waals surface area contributed by atoms with E-state index in [-0.39, 0.29) is 12.4 Å². The molecule has 26 heavy (non-hydrogen) atoms. The van der Waals surface area contributed by atoms with Gasteiger partial charge in [0.2, 0.25) is 0 Å². The third kappa shape index (κ3) is 3.10. The first-order valence-corrected chi connectivity index (χ1v) is 9.04. The minimum atomic E-state index is 0.00197. The van der Waals surface area contributed by atoms with Gasteiger partial charge in [0.15, 0.2) is 5.13 Å². The van der Waals surface area contributed by atoms with E-state index in [0.717, 1.165) is 33.3 Å². The predicted octanol–water partition coefficient (Wildman–Crippen LogP) is 3.54. The molecule has 5 N–H and O–H groups in total. The molecule has 0 spiro atoms. The summed E-state index contributed by atoms with van der Waals surface area (Å²) in [4.78, 5) is 7.36. The maximum atomic E-state index is 10.0. The van der Waals surface area contributed by atoms with Crippen molar-refractivity contribution in [2.45, 2.75) is 19.4 Å². The molecule has 0 atom stereocenters. The monoisotopic (exact) mass is 363 g/mol. The molecule has 0 aliphatic heterocycles. The summed E-state index contributed by atoms with van der Waals surface area (Å²) < 4.78 is 0.833. The molecule has 4 aromatic rings. The summed E-state index contributed by atoms with van der Waals surface area (Å²) in [6.07, 6.45) is 1.49. The topological polar surface area (TPSA) is 95.2 Å². The molecule has 2 heterocycles. The summed E-state index contributed by atoms with van der Waals surface area (Å²) in [5.41, 5.74) is 10.0. The first-order chi connectivity index (χ1) is 12.6. The molecule has 0 fully saturated rings. The van der Waals surface area contributed by atoms with Crippen LogP contribution in [0, 0.1) is 11.8 Å². The molecule has 0 aliphatic rings. The van der Waals surface area contributed by atoms with Gasteiger partial charge in [0, 0.05) is 28.6 Å². The van der Waals surface area contributed by atoms with E-state index in [0.29, 0.717) is 17.1 Å². The van der Waals surface area contributed by atoms with Gasteiger partial charge in [0.05, 0.1) is 11.3 Å². The van der Waals surface area contributed by atoms with Crippen LogP contribution in [0.15, 0.2) is 36.4 Å². The van der Waals surface area contributed by atoms with E-state index >= 15 is 0 Å². The Bertz CT molecular complexity index is 1160. The molecular formula is C20H17N3O2S. The third-order valence-electron chi connectivity index (χ3n) is 4.21. The Kier molecular flexibility index (Phi) is 4.25. The highest BCUT2D eigenvalue weighted by Gasteiger charge is 2.07. The van der Waals surface area contributed by atoms with Gasteiger partial charge in [-0.25, -0.2) is 4.98 Å². The van der Waals surface area contributed by atoms with Crippen LogP contribution < -0.4 is 5.73 Å². The molecule has 0 amide bonds. The molecule has 0 radical (unpaired) electrons. The average Bonchev–Trinajstić information content (AvgIpc) is 3.21. The molecule has 0 aliphatic carbocycles. The van der Waals surface area contributed by atoms with Crippen molar-refractivity contribution in [3.8, 4) is 17.6 Å². The van der Waals surface area contributed by atoms with Crippen molar-refractivity contribution in [2.24, 2.45) is 0 Å². The highest BCUT2D eigenvalue weighted by atomic mass is 32.1. The minimum Gasteiger partial charge on any atom is -0.506 e. The number of nitrogens with zero attached hydrogens (tertiary/aromatic N) is 1. The number of rotatable bonds is 3. The van der Waals surface area contributed by atoms with Gasteiger partial charge in [0.1, 0.15) is 11.3 Å². The van der Waals surface area contributed by atoms with E-state index in [4.69, 9.17) is 5.73 Å². The average molecular weight is 363 g/mol. The van der Waals surface area contributed by atoms with Crippen LogP contribution in [0.3, 0.4) is 0 Å². The lowest BCUT2D eigenvalue weighted by Crippen LogP contribution is -1.87. The Hall–Kier alpha value is -3.01. The van der Waals surface area contributed by atoms with Gasteiger partial charge in [-0.15, -0.1) is 0 Å². The summed E-state index contributed by atoms with van der Waals surface area (Å²) in [7, 11) is 0. The standard InChI is InChI=1S/C20H17N3O2S/c21-20-23-19-16(25)8-12(9-17(19)26-20)4-1-2-5-13-6-3-7-14-10-15(11-24)22-18(13)14/h3,6-10,22,24-25H,2,5,11H2,(H2,21,23). The maximum absolute atomic E-state index is 10.0. The van der Waals surface area contributed by atoms with Crippen LogP contribution in [0.4, 0.5) is 5.13 Å². The molecule has 5 nitrogen and oxygen atoms in total. The number of anilines is 1. The number of para-hydroxylation sites is 1. The molecule has 0 unspecified atom stereocenters. The van der Waals surface area contributed by atoms with Crippen LogP contribution in [0.2, 0.25) is 0 Å². The lowest BCUT2D eigenvalue weighted by Gasteiger charge is -2.00. The number of aliphatic hydroxyl groups excluding tert-OH is 1. The second-order valence-electron chi connectivity index (χ2n) is 6.03. The molecule has 2 aromatic heterocycles. The number of hydrogen-bond acceptors (Lipinski definition) is 5. The number of thiazole rings is 1. The summed E-state index contributed by atoms with van der Waals surface area (Å²) in [6, 6.07) is 11.6. The van der Waals surface area contributed by atoms with Crippen molar-refractivity contribution in [1.82, 2.24) is 9.97 Å². The molecule has 0 saturated carbocycles. The van der Waals surface area contributed by atoms with E-state index < -0.39 is 0 Å². The third-order valence-corrected chi connectivity index (χ3v) is 5.04. The molecule has 4 rings (SSSR count). The van der Waals surface area contributed by atoms with Crippen LogP contribution in [-0.2, 0) is 13.0 Å². The van der Waals surface area contributed by atoms with Crippen molar-refractivity contribution in [1.29, 1.82) is 0 Å². The van der Waals surface area contributed by atoms with Crippen LogP contribution >= 0.6 is 11.3 Å². The van der Waals surface area contributed by atoms with E-state index in [1.54, 1.807) is 6.07 Å². The smallest absolute Gasteiger partial charge is 0.181 e. The van der Waals surface area contributed by atoms with Crippen molar-refractivity contribution >= 4 is 37.6 Å². The highest BCUT2D eigenvalue weighted by Crippen LogP contribution is 2.31. The van der Waals surface area contributed by atoms with Crippen molar-refractivity contribution in [2.75, 3.05) is 5.73 Å². The lowest BCUT2D eigenvalue weighted by molar-refractivity contribution is 0.278. The van der Waals surface area contributed by atoms with Gasteiger partial charge in [-0.3, -0.25) is 0 Å². The van der Waals surface area contributed by atoms with Gasteiger partial charge in [-0.05, 0) is 30.2 Å². The quantitative estimate of drug-likeness (QED) is 0.419. The molecule has 6 heteroatoms. The number of phenolic OH excluding ortho intramolecular Hbond substituents is 1. The largest absolute Gasteiger partial charge is 0.506 e. The zero-order valence-corrected chi connectivity index (χ0v) is 14.7. The Morgan fingerprint density at radius 2 is 2.12 bits per heavy atom. The van der Waals surface area contributed by atoms with Crippen LogP contribution in [0.5, 0.6) is 5.75 Å². The molecular weight excluding hydrogens is 346 g/mol. The number of aromatic hydroxyl groups is 1.